The lowest BCUT2D eigenvalue weighted by molar-refractivity contribution is -0.137. The Kier molecular flexibility index (Phi) is 6.20. The molecule has 7 heteroatoms. The van der Waals surface area contributed by atoms with E-state index in [1.165, 1.54) is 0 Å². The molecule has 168 valence electrons. The summed E-state index contributed by atoms with van der Waals surface area (Å²) in [6.45, 7) is 0. The molecular formula is C26H22ClNO5. The van der Waals surface area contributed by atoms with Gasteiger partial charge in [0.05, 0.1) is 10.6 Å². The zero-order valence-electron chi connectivity index (χ0n) is 17.7. The number of hydrogen-bond donors (Lipinski definition) is 3. The van der Waals surface area contributed by atoms with Gasteiger partial charge in [-0.05, 0) is 59.4 Å². The van der Waals surface area contributed by atoms with Gasteiger partial charge in [0.15, 0.2) is 0 Å². The molecule has 0 bridgehead atoms. The highest BCUT2D eigenvalue weighted by molar-refractivity contribution is 6.34. The Hall–Kier alpha value is -3.64. The number of carboxylic acid groups (broad SMARTS) is 2. The molecule has 0 atom stereocenters. The number of anilines is 1. The minimum absolute atomic E-state index is 0.108. The largest absolute Gasteiger partial charge is 0.481 e. The van der Waals surface area contributed by atoms with E-state index in [0.717, 1.165) is 22.3 Å². The van der Waals surface area contributed by atoms with E-state index < -0.39 is 17.4 Å². The first kappa shape index (κ1) is 22.6. The molecule has 0 aliphatic heterocycles. The van der Waals surface area contributed by atoms with Gasteiger partial charge in [0, 0.05) is 23.9 Å². The summed E-state index contributed by atoms with van der Waals surface area (Å²) in [5.74, 6) is -2.25. The monoisotopic (exact) mass is 463 g/mol. The highest BCUT2D eigenvalue weighted by atomic mass is 35.5. The second-order valence-electron chi connectivity index (χ2n) is 8.11. The van der Waals surface area contributed by atoms with Gasteiger partial charge in [0.25, 0.3) is 5.91 Å². The molecule has 4 rings (SSSR count). The number of nitrogens with one attached hydrogen (secondary N) is 1. The van der Waals surface area contributed by atoms with Crippen LogP contribution >= 0.6 is 11.6 Å². The maximum atomic E-state index is 12.8. The summed E-state index contributed by atoms with van der Waals surface area (Å²) in [7, 11) is 0. The molecule has 3 aromatic carbocycles. The molecule has 0 saturated heterocycles. The fourth-order valence-electron chi connectivity index (χ4n) is 4.68. The van der Waals surface area contributed by atoms with E-state index in [1.54, 1.807) is 30.3 Å². The van der Waals surface area contributed by atoms with Gasteiger partial charge in [0.2, 0.25) is 0 Å². The number of amides is 1. The molecule has 1 aliphatic rings. The second kappa shape index (κ2) is 9.08. The summed E-state index contributed by atoms with van der Waals surface area (Å²) in [5.41, 5.74) is 3.69. The number of carboxylic acids is 2. The molecule has 1 aliphatic carbocycles. The molecule has 0 aromatic heterocycles. The average Bonchev–Trinajstić information content (AvgIpc) is 3.06. The first-order chi connectivity index (χ1) is 15.8. The first-order valence-corrected chi connectivity index (χ1v) is 10.9. The van der Waals surface area contributed by atoms with Crippen LogP contribution in [0.5, 0.6) is 0 Å². The van der Waals surface area contributed by atoms with E-state index in [2.05, 4.69) is 5.32 Å². The van der Waals surface area contributed by atoms with E-state index in [1.807, 2.05) is 36.4 Å². The van der Waals surface area contributed by atoms with Gasteiger partial charge in [-0.3, -0.25) is 14.4 Å². The van der Waals surface area contributed by atoms with Crippen LogP contribution in [0.2, 0.25) is 5.02 Å². The van der Waals surface area contributed by atoms with Crippen LogP contribution in [0.4, 0.5) is 5.69 Å². The first-order valence-electron chi connectivity index (χ1n) is 10.6. The number of halogens is 1. The third kappa shape index (κ3) is 4.34. The number of hydrogen-bond acceptors (Lipinski definition) is 3. The number of fused-ring (bicyclic) bond motifs is 3. The number of carbonyl (C=O) groups is 3. The van der Waals surface area contributed by atoms with Crippen LogP contribution in [-0.4, -0.2) is 28.1 Å². The van der Waals surface area contributed by atoms with Gasteiger partial charge in [-0.15, -0.1) is 0 Å². The lowest BCUT2D eigenvalue weighted by Gasteiger charge is -2.32. The van der Waals surface area contributed by atoms with Crippen molar-refractivity contribution in [2.75, 3.05) is 5.32 Å². The summed E-state index contributed by atoms with van der Waals surface area (Å²) < 4.78 is 0. The lowest BCUT2D eigenvalue weighted by Crippen LogP contribution is -2.27. The minimum Gasteiger partial charge on any atom is -0.481 e. The van der Waals surface area contributed by atoms with Crippen molar-refractivity contribution in [1.82, 2.24) is 0 Å². The third-order valence-corrected chi connectivity index (χ3v) is 6.51. The Labute approximate surface area is 195 Å². The Balaban J connectivity index is 1.79. The molecule has 0 heterocycles. The molecule has 3 aromatic rings. The lowest BCUT2D eigenvalue weighted by atomic mass is 9.71. The predicted octanol–water partition coefficient (Wildman–Crippen LogP) is 5.59. The van der Waals surface area contributed by atoms with Crippen molar-refractivity contribution in [3.8, 4) is 11.1 Å². The smallest absolute Gasteiger partial charge is 0.303 e. The number of aliphatic carboxylic acids is 2. The van der Waals surface area contributed by atoms with Crippen molar-refractivity contribution in [1.29, 1.82) is 0 Å². The summed E-state index contributed by atoms with van der Waals surface area (Å²) in [6.07, 6.45) is 0.288. The molecule has 0 fully saturated rings. The van der Waals surface area contributed by atoms with Crippen LogP contribution in [0.25, 0.3) is 11.1 Å². The Morgan fingerprint density at radius 2 is 1.39 bits per heavy atom. The van der Waals surface area contributed by atoms with Crippen molar-refractivity contribution in [3.05, 3.63) is 88.4 Å². The number of rotatable bonds is 8. The SMILES string of the molecule is O=C(O)CCC1(CCC(=O)O)c2ccccc2-c2ccc(NC(=O)c3ccccc3Cl)cc21. The number of carbonyl (C=O) groups excluding carboxylic acids is 1. The second-order valence-corrected chi connectivity index (χ2v) is 8.52. The zero-order valence-corrected chi connectivity index (χ0v) is 18.4. The topological polar surface area (TPSA) is 104 Å². The van der Waals surface area contributed by atoms with Gasteiger partial charge >= 0.3 is 11.9 Å². The van der Waals surface area contributed by atoms with Crippen molar-refractivity contribution >= 4 is 35.1 Å². The van der Waals surface area contributed by atoms with Gasteiger partial charge in [0.1, 0.15) is 0 Å². The van der Waals surface area contributed by atoms with E-state index in [0.29, 0.717) is 16.3 Å². The predicted molar refractivity (Wildman–Crippen MR) is 126 cm³/mol. The fraction of sp³-hybridized carbons (Fsp3) is 0.192. The maximum absolute atomic E-state index is 12.8. The fourth-order valence-corrected chi connectivity index (χ4v) is 4.90. The molecule has 0 saturated carbocycles. The van der Waals surface area contributed by atoms with Crippen LogP contribution < -0.4 is 5.32 Å². The van der Waals surface area contributed by atoms with Gasteiger partial charge < -0.3 is 15.5 Å². The van der Waals surface area contributed by atoms with E-state index in [9.17, 15) is 24.6 Å². The highest BCUT2D eigenvalue weighted by Gasteiger charge is 2.43. The Morgan fingerprint density at radius 3 is 2.06 bits per heavy atom. The number of benzene rings is 3. The molecular weight excluding hydrogens is 442 g/mol. The van der Waals surface area contributed by atoms with Gasteiger partial charge in [-0.1, -0.05) is 54.1 Å². The van der Waals surface area contributed by atoms with Gasteiger partial charge in [-0.25, -0.2) is 0 Å². The summed E-state index contributed by atoms with van der Waals surface area (Å²) >= 11 is 6.16. The quantitative estimate of drug-likeness (QED) is 0.404. The van der Waals surface area contributed by atoms with Crippen LogP contribution in [0, 0.1) is 0 Å². The normalized spacial score (nSPS) is 13.1. The van der Waals surface area contributed by atoms with Crippen LogP contribution in [-0.2, 0) is 15.0 Å². The van der Waals surface area contributed by atoms with E-state index >= 15 is 0 Å². The molecule has 0 spiro atoms. The molecule has 3 N–H and O–H groups in total. The van der Waals surface area contributed by atoms with Crippen molar-refractivity contribution < 1.29 is 24.6 Å². The van der Waals surface area contributed by atoms with E-state index in [-0.39, 0.29) is 31.6 Å². The standard InChI is InChI=1S/C26H22ClNO5/c27-22-8-4-2-6-19(22)25(33)28-16-9-10-18-17-5-1-3-7-20(17)26(21(18)15-16,13-11-23(29)30)14-12-24(31)32/h1-10,15H,11-14H2,(H,28,33)(H,29,30)(H,31,32). The van der Waals surface area contributed by atoms with E-state index in [4.69, 9.17) is 11.6 Å². The molecule has 1 amide bonds. The summed E-state index contributed by atoms with van der Waals surface area (Å²) in [6, 6.07) is 19.9. The van der Waals surface area contributed by atoms with Crippen molar-refractivity contribution in [2.45, 2.75) is 31.1 Å². The van der Waals surface area contributed by atoms with Crippen LogP contribution in [0.15, 0.2) is 66.7 Å². The Morgan fingerprint density at radius 1 is 0.788 bits per heavy atom. The van der Waals surface area contributed by atoms with Gasteiger partial charge in [-0.2, -0.15) is 0 Å². The molecule has 0 unspecified atom stereocenters. The molecule has 0 radical (unpaired) electrons. The van der Waals surface area contributed by atoms with Crippen molar-refractivity contribution in [2.24, 2.45) is 0 Å². The minimum atomic E-state index is -0.946. The average molecular weight is 464 g/mol. The Bertz CT molecular complexity index is 1230. The summed E-state index contributed by atoms with van der Waals surface area (Å²) in [5, 5.41) is 22.0. The van der Waals surface area contributed by atoms with Crippen molar-refractivity contribution in [3.63, 3.8) is 0 Å². The molecule has 6 nitrogen and oxygen atoms in total. The highest BCUT2D eigenvalue weighted by Crippen LogP contribution is 2.54. The summed E-state index contributed by atoms with van der Waals surface area (Å²) in [4.78, 5) is 35.7. The maximum Gasteiger partial charge on any atom is 0.303 e. The van der Waals surface area contributed by atoms with Crippen LogP contribution in [0.1, 0.15) is 47.2 Å². The zero-order chi connectivity index (χ0) is 23.6. The molecule has 33 heavy (non-hydrogen) atoms. The third-order valence-electron chi connectivity index (χ3n) is 6.18. The van der Waals surface area contributed by atoms with Crippen LogP contribution in [0.3, 0.4) is 0 Å².